The minimum atomic E-state index is -5.09. The molecule has 13 nitrogen and oxygen atoms in total. The minimum absolute atomic E-state index is 0.229. The number of rotatable bonds is 9. The van der Waals surface area contributed by atoms with Crippen LogP contribution in [0.25, 0.3) is 0 Å². The van der Waals surface area contributed by atoms with E-state index in [-0.39, 0.29) is 4.31 Å². The Bertz CT molecular complexity index is 1160. The lowest BCUT2D eigenvalue weighted by atomic mass is 9.97. The highest BCUT2D eigenvalue weighted by atomic mass is 32.2. The van der Waals surface area contributed by atoms with Crippen LogP contribution in [0, 0.1) is 10.1 Å². The van der Waals surface area contributed by atoms with Crippen LogP contribution in [0.2, 0.25) is 0 Å². The summed E-state index contributed by atoms with van der Waals surface area (Å²) in [7, 11) is -5.09. The first-order valence-electron chi connectivity index (χ1n) is 10.3. The number of sulfonamides is 1. The lowest BCUT2D eigenvalue weighted by Gasteiger charge is -2.45. The van der Waals surface area contributed by atoms with Gasteiger partial charge >= 0.3 is 5.97 Å². The molecule has 0 radical (unpaired) electrons. The Morgan fingerprint density at radius 1 is 1.03 bits per heavy atom. The summed E-state index contributed by atoms with van der Waals surface area (Å²) < 4.78 is 33.2. The zero-order valence-corrected chi connectivity index (χ0v) is 18.9. The molecule has 1 unspecified atom stereocenters. The van der Waals surface area contributed by atoms with Crippen molar-refractivity contribution in [2.45, 2.75) is 48.0 Å². The van der Waals surface area contributed by atoms with Crippen LogP contribution in [0.3, 0.4) is 0 Å². The number of para-hydroxylation sites is 1. The molecule has 14 heteroatoms. The summed E-state index contributed by atoms with van der Waals surface area (Å²) in [6.45, 7) is -0.906. The summed E-state index contributed by atoms with van der Waals surface area (Å²) in [6, 6.07) is 10.1. The summed E-state index contributed by atoms with van der Waals surface area (Å²) in [4.78, 5) is 22.0. The van der Waals surface area contributed by atoms with E-state index in [1.54, 1.807) is 18.2 Å². The SMILES string of the molecule is O=C(O)[C@H](Cc1ccccc1)N(C1O[C@H](CO)[C@@H](O)[C@H](O)[C@H]1O)S(=O)(=O)c1ccccc1[N+](=O)[O-]. The smallest absolute Gasteiger partial charge is 0.322 e. The maximum Gasteiger partial charge on any atom is 0.322 e. The Morgan fingerprint density at radius 2 is 1.63 bits per heavy atom. The van der Waals surface area contributed by atoms with Gasteiger partial charge < -0.3 is 30.3 Å². The van der Waals surface area contributed by atoms with Gasteiger partial charge in [-0.1, -0.05) is 42.5 Å². The van der Waals surface area contributed by atoms with Crippen LogP contribution < -0.4 is 0 Å². The Hall–Kier alpha value is -2.98. The van der Waals surface area contributed by atoms with E-state index in [2.05, 4.69) is 0 Å². The lowest BCUT2D eigenvalue weighted by Crippen LogP contribution is -2.66. The van der Waals surface area contributed by atoms with Gasteiger partial charge in [-0.3, -0.25) is 14.9 Å². The van der Waals surface area contributed by atoms with Gasteiger partial charge in [-0.15, -0.1) is 0 Å². The fourth-order valence-corrected chi connectivity index (χ4v) is 5.67. The van der Waals surface area contributed by atoms with Crippen LogP contribution in [0.4, 0.5) is 5.69 Å². The molecule has 6 atom stereocenters. The molecule has 1 fully saturated rings. The molecule has 0 aliphatic carbocycles. The van der Waals surface area contributed by atoms with Gasteiger partial charge in [0.2, 0.25) is 0 Å². The highest BCUT2D eigenvalue weighted by Crippen LogP contribution is 2.34. The first-order valence-corrected chi connectivity index (χ1v) is 11.8. The Kier molecular flexibility index (Phi) is 8.17. The average Bonchev–Trinajstić information content (AvgIpc) is 2.83. The standard InChI is InChI=1S/C21H24N2O11S/c24-11-15-17(25)18(26)19(27)20(34-15)22(14(21(28)29)10-12-6-2-1-3-7-12)35(32,33)16-9-5-4-8-13(16)23(30)31/h1-9,14-15,17-20,24-27H,10-11H2,(H,28,29)/t14-,15+,17+,18-,19+,20?/m0/s1. The third-order valence-electron chi connectivity index (χ3n) is 5.60. The highest BCUT2D eigenvalue weighted by molar-refractivity contribution is 7.89. The lowest BCUT2D eigenvalue weighted by molar-refractivity contribution is -0.387. The molecule has 2 aromatic rings. The van der Waals surface area contributed by atoms with Crippen molar-refractivity contribution in [3.8, 4) is 0 Å². The molecule has 0 saturated carbocycles. The van der Waals surface area contributed by atoms with Crippen LogP contribution in [-0.4, -0.2) is 92.4 Å². The Balaban J connectivity index is 2.22. The topological polar surface area (TPSA) is 208 Å². The first kappa shape index (κ1) is 26.6. The van der Waals surface area contributed by atoms with E-state index >= 15 is 0 Å². The summed E-state index contributed by atoms with van der Waals surface area (Å²) in [5.74, 6) is -1.67. The summed E-state index contributed by atoms with van der Waals surface area (Å²) in [6.07, 6.45) is -10.2. The molecular formula is C21H24N2O11S. The summed E-state index contributed by atoms with van der Waals surface area (Å²) in [5.41, 5.74) is -0.474. The predicted molar refractivity (Wildman–Crippen MR) is 117 cm³/mol. The maximum absolute atomic E-state index is 13.8. The van der Waals surface area contributed by atoms with Crippen LogP contribution in [0.5, 0.6) is 0 Å². The monoisotopic (exact) mass is 512 g/mol. The highest BCUT2D eigenvalue weighted by Gasteiger charge is 2.53. The van der Waals surface area contributed by atoms with Crippen LogP contribution >= 0.6 is 0 Å². The molecule has 0 bridgehead atoms. The van der Waals surface area contributed by atoms with E-state index in [0.29, 0.717) is 5.56 Å². The Labute approximate surface area is 199 Å². The van der Waals surface area contributed by atoms with Crippen molar-refractivity contribution in [3.63, 3.8) is 0 Å². The predicted octanol–water partition coefficient (Wildman–Crippen LogP) is -0.919. The van der Waals surface area contributed by atoms with Crippen molar-refractivity contribution in [2.24, 2.45) is 0 Å². The fraction of sp³-hybridized carbons (Fsp3) is 0.381. The van der Waals surface area contributed by atoms with Crippen molar-refractivity contribution in [3.05, 3.63) is 70.3 Å². The zero-order chi connectivity index (χ0) is 25.9. The number of carboxylic acids is 1. The van der Waals surface area contributed by atoms with Crippen LogP contribution in [0.1, 0.15) is 5.56 Å². The number of benzene rings is 2. The maximum atomic E-state index is 13.8. The summed E-state index contributed by atoms with van der Waals surface area (Å²) >= 11 is 0. The van der Waals surface area contributed by atoms with Gasteiger partial charge in [-0.2, -0.15) is 4.31 Å². The second-order valence-electron chi connectivity index (χ2n) is 7.82. The van der Waals surface area contributed by atoms with E-state index in [4.69, 9.17) is 4.74 Å². The molecule has 1 heterocycles. The number of aliphatic hydroxyl groups excluding tert-OH is 4. The van der Waals surface area contributed by atoms with Crippen molar-refractivity contribution in [1.29, 1.82) is 0 Å². The van der Waals surface area contributed by atoms with Crippen molar-refractivity contribution >= 4 is 21.7 Å². The second-order valence-corrected chi connectivity index (χ2v) is 9.63. The zero-order valence-electron chi connectivity index (χ0n) is 18.1. The molecule has 1 aliphatic rings. The average molecular weight is 512 g/mol. The van der Waals surface area contributed by atoms with E-state index in [1.165, 1.54) is 24.3 Å². The van der Waals surface area contributed by atoms with E-state index < -0.39 is 81.2 Å². The van der Waals surface area contributed by atoms with Gasteiger partial charge in [-0.25, -0.2) is 8.42 Å². The van der Waals surface area contributed by atoms with Gasteiger partial charge in [0.05, 0.1) is 11.5 Å². The van der Waals surface area contributed by atoms with Gasteiger partial charge in [0.25, 0.3) is 15.7 Å². The molecule has 0 amide bonds. The molecule has 1 saturated heterocycles. The van der Waals surface area contributed by atoms with Gasteiger partial charge in [0, 0.05) is 6.07 Å². The number of ether oxygens (including phenoxy) is 1. The van der Waals surface area contributed by atoms with Crippen LogP contribution in [0.15, 0.2) is 59.5 Å². The van der Waals surface area contributed by atoms with Gasteiger partial charge in [-0.05, 0) is 18.1 Å². The molecular weight excluding hydrogens is 488 g/mol. The summed E-state index contributed by atoms with van der Waals surface area (Å²) in [5, 5.41) is 62.1. The largest absolute Gasteiger partial charge is 0.480 e. The minimum Gasteiger partial charge on any atom is -0.480 e. The quantitative estimate of drug-likeness (QED) is 0.205. The third kappa shape index (κ3) is 5.33. The van der Waals surface area contributed by atoms with Crippen molar-refractivity contribution in [1.82, 2.24) is 4.31 Å². The second kappa shape index (κ2) is 10.7. The molecule has 35 heavy (non-hydrogen) atoms. The number of carboxylic acid groups (broad SMARTS) is 1. The van der Waals surface area contributed by atoms with Crippen LogP contribution in [-0.2, 0) is 26.0 Å². The number of nitrogens with zero attached hydrogens (tertiary/aromatic N) is 2. The van der Waals surface area contributed by atoms with E-state index in [9.17, 15) is 48.9 Å². The van der Waals surface area contributed by atoms with E-state index in [0.717, 1.165) is 12.1 Å². The number of aliphatic carboxylic acids is 1. The molecule has 190 valence electrons. The van der Waals surface area contributed by atoms with Crippen molar-refractivity contribution in [2.75, 3.05) is 6.61 Å². The molecule has 5 N–H and O–H groups in total. The third-order valence-corrected chi connectivity index (χ3v) is 7.52. The number of aliphatic hydroxyl groups is 4. The molecule has 1 aliphatic heterocycles. The number of carbonyl (C=O) groups is 1. The van der Waals surface area contributed by atoms with E-state index in [1.807, 2.05) is 0 Å². The van der Waals surface area contributed by atoms with Gasteiger partial charge in [0.1, 0.15) is 30.5 Å². The normalized spacial score (nSPS) is 25.8. The first-order chi connectivity index (χ1) is 16.5. The number of hydrogen-bond donors (Lipinski definition) is 5. The number of nitro benzene ring substituents is 1. The van der Waals surface area contributed by atoms with Crippen molar-refractivity contribution < 1.29 is 48.4 Å². The number of hydrogen-bond acceptors (Lipinski definition) is 10. The Morgan fingerprint density at radius 3 is 2.20 bits per heavy atom. The molecule has 2 aromatic carbocycles. The molecule has 3 rings (SSSR count). The fourth-order valence-electron chi connectivity index (χ4n) is 3.84. The molecule has 0 aromatic heterocycles. The van der Waals surface area contributed by atoms with Gasteiger partial charge in [0.15, 0.2) is 11.1 Å². The number of nitro groups is 1. The molecule has 0 spiro atoms.